The van der Waals surface area contributed by atoms with Gasteiger partial charge in [0, 0.05) is 46.4 Å². The van der Waals surface area contributed by atoms with Crippen molar-refractivity contribution in [3.63, 3.8) is 0 Å². The normalized spacial score (nSPS) is 17.4. The average Bonchev–Trinajstić information content (AvgIpc) is 3.33. The van der Waals surface area contributed by atoms with Crippen molar-refractivity contribution < 1.29 is 19.1 Å². The van der Waals surface area contributed by atoms with E-state index in [0.29, 0.717) is 17.0 Å². The minimum atomic E-state index is -0.735. The number of nitrogens with one attached hydrogen (secondary N) is 1. The van der Waals surface area contributed by atoms with Crippen LogP contribution in [-0.4, -0.2) is 40.8 Å². The second-order valence-electron chi connectivity index (χ2n) is 8.20. The fraction of sp³-hybridized carbons (Fsp3) is 0.296. The molecule has 186 valence electrons. The van der Waals surface area contributed by atoms with Gasteiger partial charge >= 0.3 is 11.9 Å². The zero-order chi connectivity index (χ0) is 25.7. The highest BCUT2D eigenvalue weighted by molar-refractivity contribution is 7.14. The van der Waals surface area contributed by atoms with Crippen molar-refractivity contribution in [3.8, 4) is 11.3 Å². The van der Waals surface area contributed by atoms with Gasteiger partial charge in [-0.05, 0) is 57.5 Å². The summed E-state index contributed by atoms with van der Waals surface area (Å²) in [5, 5.41) is 6.05. The summed E-state index contributed by atoms with van der Waals surface area (Å²) < 4.78 is 10.7. The summed E-state index contributed by atoms with van der Waals surface area (Å²) >= 11 is 1.49. The monoisotopic (exact) mass is 504 g/mol. The molecule has 4 rings (SSSR count). The Bertz CT molecular complexity index is 1320. The smallest absolute Gasteiger partial charge is 0.336 e. The third-order valence-electron chi connectivity index (χ3n) is 5.84. The topological polar surface area (TPSA) is 103 Å². The van der Waals surface area contributed by atoms with E-state index in [4.69, 9.17) is 9.47 Å². The van der Waals surface area contributed by atoms with E-state index in [1.807, 2.05) is 41.8 Å². The molecule has 2 aromatic heterocycles. The first-order valence-corrected chi connectivity index (χ1v) is 12.6. The molecule has 0 saturated carbocycles. The van der Waals surface area contributed by atoms with Crippen molar-refractivity contribution in [1.29, 1.82) is 0 Å². The molecule has 0 spiro atoms. The molecule has 0 saturated heterocycles. The van der Waals surface area contributed by atoms with Gasteiger partial charge in [0.25, 0.3) is 0 Å². The molecular weight excluding hydrogens is 476 g/mol. The predicted molar refractivity (Wildman–Crippen MR) is 140 cm³/mol. The Morgan fingerprint density at radius 1 is 1.06 bits per heavy atom. The van der Waals surface area contributed by atoms with Gasteiger partial charge in [-0.3, -0.25) is 14.8 Å². The fourth-order valence-electron chi connectivity index (χ4n) is 4.33. The lowest BCUT2D eigenvalue weighted by Crippen LogP contribution is -2.36. The number of nitrogens with zero attached hydrogens (tertiary/aromatic N) is 3. The van der Waals surface area contributed by atoms with Crippen LogP contribution in [-0.2, 0) is 19.1 Å². The lowest BCUT2D eigenvalue weighted by molar-refractivity contribution is -0.146. The summed E-state index contributed by atoms with van der Waals surface area (Å²) in [5.74, 6) is -2.23. The van der Waals surface area contributed by atoms with Gasteiger partial charge < -0.3 is 14.8 Å². The molecule has 1 N–H and O–H groups in total. The van der Waals surface area contributed by atoms with E-state index in [9.17, 15) is 9.59 Å². The first-order valence-electron chi connectivity index (χ1n) is 11.8. The Hall–Kier alpha value is -3.85. The summed E-state index contributed by atoms with van der Waals surface area (Å²) in [7, 11) is 0. The van der Waals surface area contributed by atoms with Crippen molar-refractivity contribution in [2.75, 3.05) is 18.5 Å². The maximum atomic E-state index is 13.0. The maximum absolute atomic E-state index is 13.0. The molecule has 3 heterocycles. The average molecular weight is 505 g/mol. The molecule has 0 fully saturated rings. The lowest BCUT2D eigenvalue weighted by atomic mass is 9.75. The van der Waals surface area contributed by atoms with E-state index in [2.05, 4.69) is 20.3 Å². The molecule has 0 radical (unpaired) electrons. The summed E-state index contributed by atoms with van der Waals surface area (Å²) in [5.41, 5.74) is 4.91. The number of ether oxygens (including phenoxy) is 2. The Kier molecular flexibility index (Phi) is 7.90. The first kappa shape index (κ1) is 25.2. The van der Waals surface area contributed by atoms with Crippen LogP contribution in [0.4, 0.5) is 10.8 Å². The number of benzene rings is 1. The van der Waals surface area contributed by atoms with Gasteiger partial charge in [0.05, 0.1) is 24.5 Å². The van der Waals surface area contributed by atoms with Crippen molar-refractivity contribution in [3.05, 3.63) is 71.0 Å². The molecule has 2 atom stereocenters. The number of pyridine rings is 1. The third-order valence-corrected chi connectivity index (χ3v) is 6.60. The molecule has 0 bridgehead atoms. The number of anilines is 2. The number of hydrogen-bond donors (Lipinski definition) is 1. The Balaban J connectivity index is 1.70. The van der Waals surface area contributed by atoms with Gasteiger partial charge in [-0.1, -0.05) is 12.1 Å². The van der Waals surface area contributed by atoms with Crippen LogP contribution in [0.25, 0.3) is 11.3 Å². The number of esters is 2. The second-order valence-corrected chi connectivity index (χ2v) is 9.06. The molecule has 1 aliphatic rings. The zero-order valence-corrected chi connectivity index (χ0v) is 21.5. The van der Waals surface area contributed by atoms with E-state index >= 15 is 0 Å². The molecule has 0 aliphatic carbocycles. The molecule has 0 amide bonds. The highest BCUT2D eigenvalue weighted by Crippen LogP contribution is 2.41. The first-order chi connectivity index (χ1) is 17.4. The van der Waals surface area contributed by atoms with E-state index < -0.39 is 23.8 Å². The Morgan fingerprint density at radius 2 is 1.81 bits per heavy atom. The van der Waals surface area contributed by atoms with E-state index in [0.717, 1.165) is 27.6 Å². The second kappa shape index (κ2) is 11.3. The summed E-state index contributed by atoms with van der Waals surface area (Å²) in [6.45, 7) is 7.52. The van der Waals surface area contributed by atoms with Crippen LogP contribution < -0.4 is 5.32 Å². The summed E-state index contributed by atoms with van der Waals surface area (Å²) in [6, 6.07) is 11.4. The number of carbonyl (C=O) groups is 2. The number of aliphatic imine (C=N–C) groups is 1. The van der Waals surface area contributed by atoms with Crippen molar-refractivity contribution >= 4 is 39.8 Å². The predicted octanol–water partition coefficient (Wildman–Crippen LogP) is 5.52. The van der Waals surface area contributed by atoms with Gasteiger partial charge in [0.15, 0.2) is 5.13 Å². The van der Waals surface area contributed by atoms with Crippen LogP contribution in [0.15, 0.2) is 70.4 Å². The van der Waals surface area contributed by atoms with Crippen LogP contribution in [0.2, 0.25) is 0 Å². The largest absolute Gasteiger partial charge is 0.465 e. The quantitative estimate of drug-likeness (QED) is 0.403. The molecule has 8 nitrogen and oxygen atoms in total. The van der Waals surface area contributed by atoms with Crippen LogP contribution >= 0.6 is 11.3 Å². The number of aromatic nitrogens is 2. The van der Waals surface area contributed by atoms with Gasteiger partial charge in [0.1, 0.15) is 5.92 Å². The van der Waals surface area contributed by atoms with Gasteiger partial charge in [-0.2, -0.15) is 0 Å². The third kappa shape index (κ3) is 5.36. The van der Waals surface area contributed by atoms with Gasteiger partial charge in [-0.15, -0.1) is 11.3 Å². The van der Waals surface area contributed by atoms with Crippen LogP contribution in [0.1, 0.15) is 39.2 Å². The molecular formula is C27H28N4O4S. The minimum Gasteiger partial charge on any atom is -0.465 e. The van der Waals surface area contributed by atoms with Gasteiger partial charge in [0.2, 0.25) is 0 Å². The zero-order valence-electron chi connectivity index (χ0n) is 20.6. The SMILES string of the molecule is CCOC(=O)C1=C(C)N=C(C)C(C(=O)OCC)C1c1cccc(Nc2nc(-c3ccncc3)cs2)c1. The number of allylic oxidation sites excluding steroid dienone is 1. The number of hydrogen-bond acceptors (Lipinski definition) is 9. The summed E-state index contributed by atoms with van der Waals surface area (Å²) in [6.07, 6.45) is 3.47. The molecule has 36 heavy (non-hydrogen) atoms. The van der Waals surface area contributed by atoms with E-state index in [1.165, 1.54) is 11.3 Å². The highest BCUT2D eigenvalue weighted by Gasteiger charge is 2.42. The van der Waals surface area contributed by atoms with Gasteiger partial charge in [-0.25, -0.2) is 9.78 Å². The van der Waals surface area contributed by atoms with Crippen molar-refractivity contribution in [2.24, 2.45) is 10.9 Å². The van der Waals surface area contributed by atoms with E-state index in [-0.39, 0.29) is 13.2 Å². The van der Waals surface area contributed by atoms with Crippen LogP contribution in [0.5, 0.6) is 0 Å². The van der Waals surface area contributed by atoms with Crippen LogP contribution in [0, 0.1) is 5.92 Å². The number of carbonyl (C=O) groups excluding carboxylic acids is 2. The maximum Gasteiger partial charge on any atom is 0.336 e. The highest BCUT2D eigenvalue weighted by atomic mass is 32.1. The van der Waals surface area contributed by atoms with E-state index in [1.54, 1.807) is 40.1 Å². The minimum absolute atomic E-state index is 0.223. The van der Waals surface area contributed by atoms with Crippen LogP contribution in [0.3, 0.4) is 0 Å². The number of rotatable bonds is 8. The molecule has 1 aliphatic heterocycles. The Morgan fingerprint density at radius 3 is 2.53 bits per heavy atom. The lowest BCUT2D eigenvalue weighted by Gasteiger charge is -2.31. The van der Waals surface area contributed by atoms with Crippen molar-refractivity contribution in [2.45, 2.75) is 33.6 Å². The Labute approximate surface area is 214 Å². The van der Waals surface area contributed by atoms with Crippen molar-refractivity contribution in [1.82, 2.24) is 9.97 Å². The summed E-state index contributed by atoms with van der Waals surface area (Å²) in [4.78, 5) is 39.3. The molecule has 1 aromatic carbocycles. The molecule has 3 aromatic rings. The molecule has 2 unspecified atom stereocenters. The fourth-order valence-corrected chi connectivity index (χ4v) is 5.07. The number of thiazole rings is 1. The molecule has 9 heteroatoms. The standard InChI is InChI=1S/C27H28N4O4S/c1-5-34-25(32)22-16(3)29-17(4)23(26(33)35-6-2)24(22)19-8-7-9-20(14-19)30-27-31-21(15-36-27)18-10-12-28-13-11-18/h7-15,22,24H,5-6H2,1-4H3,(H,30,31).